The van der Waals surface area contributed by atoms with Gasteiger partial charge in [0.25, 0.3) is 0 Å². The lowest BCUT2D eigenvalue weighted by molar-refractivity contribution is -0.150. The Hall–Kier alpha value is -0.910. The van der Waals surface area contributed by atoms with E-state index in [4.69, 9.17) is 15.0 Å². The maximum Gasteiger partial charge on any atom is 0.321 e. The second kappa shape index (κ2) is 9.54. The predicted octanol–water partition coefficient (Wildman–Crippen LogP) is 2.83. The van der Waals surface area contributed by atoms with Crippen LogP contribution < -0.4 is 10.6 Å². The van der Waals surface area contributed by atoms with Crippen LogP contribution in [0.15, 0.2) is 0 Å². The molecule has 0 rings (SSSR count). The molecule has 0 aliphatic heterocycles. The van der Waals surface area contributed by atoms with Crippen molar-refractivity contribution in [2.24, 2.45) is 11.4 Å². The lowest BCUT2D eigenvalue weighted by Gasteiger charge is -2.31. The molecule has 2 unspecified atom stereocenters. The minimum atomic E-state index is -3.47. The van der Waals surface area contributed by atoms with E-state index < -0.39 is 18.6 Å². The molecule has 0 saturated carbocycles. The van der Waals surface area contributed by atoms with E-state index in [1.54, 1.807) is 27.7 Å². The molecule has 0 aliphatic rings. The number of hydrogen-bond donors (Lipinski definition) is 2. The van der Waals surface area contributed by atoms with Crippen LogP contribution >= 0.6 is 7.44 Å². The van der Waals surface area contributed by atoms with Crippen molar-refractivity contribution < 1.29 is 23.6 Å². The molecule has 0 heterocycles. The topological polar surface area (TPSA) is 108 Å². The van der Waals surface area contributed by atoms with Gasteiger partial charge in [-0.2, -0.15) is 0 Å². The molecule has 7 nitrogen and oxygen atoms in total. The molecule has 0 aromatic rings. The molecule has 8 heteroatoms. The van der Waals surface area contributed by atoms with Crippen LogP contribution in [0.25, 0.3) is 0 Å². The van der Waals surface area contributed by atoms with E-state index in [-0.39, 0.29) is 30.5 Å². The Morgan fingerprint density at radius 2 is 1.58 bits per heavy atom. The zero-order chi connectivity index (χ0) is 19.1. The van der Waals surface area contributed by atoms with E-state index in [9.17, 15) is 14.2 Å². The van der Waals surface area contributed by atoms with Crippen LogP contribution in [-0.4, -0.2) is 35.8 Å². The van der Waals surface area contributed by atoms with Gasteiger partial charge in [0.1, 0.15) is 5.16 Å². The minimum absolute atomic E-state index is 0.0542. The first-order chi connectivity index (χ1) is 10.8. The van der Waals surface area contributed by atoms with Gasteiger partial charge in [-0.15, -0.1) is 0 Å². The highest BCUT2D eigenvalue weighted by atomic mass is 31.2. The van der Waals surface area contributed by atoms with Crippen LogP contribution in [0.1, 0.15) is 61.3 Å². The molecule has 0 amide bonds. The molecule has 3 N–H and O–H groups in total. The second-order valence-electron chi connectivity index (χ2n) is 7.22. The maximum atomic E-state index is 12.7. The number of carbonyl (C=O) groups is 2. The summed E-state index contributed by atoms with van der Waals surface area (Å²) >= 11 is 0. The molecule has 142 valence electrons. The molecule has 0 radical (unpaired) electrons. The van der Waals surface area contributed by atoms with E-state index in [2.05, 4.69) is 5.09 Å². The number of carbonyl (C=O) groups excluding carboxylic acids is 2. The van der Waals surface area contributed by atoms with Gasteiger partial charge in [-0.25, -0.2) is 0 Å². The van der Waals surface area contributed by atoms with E-state index in [0.29, 0.717) is 13.0 Å². The van der Waals surface area contributed by atoms with Crippen molar-refractivity contribution in [2.75, 3.05) is 6.54 Å². The van der Waals surface area contributed by atoms with Gasteiger partial charge >= 0.3 is 11.9 Å². The number of esters is 2. The van der Waals surface area contributed by atoms with Crippen LogP contribution in [0.3, 0.4) is 0 Å². The van der Waals surface area contributed by atoms with Gasteiger partial charge in [-0.05, 0) is 53.9 Å². The first-order valence-corrected chi connectivity index (χ1v) is 10.1. The van der Waals surface area contributed by atoms with Gasteiger partial charge in [-0.3, -0.25) is 24.7 Å². The molecule has 24 heavy (non-hydrogen) atoms. The van der Waals surface area contributed by atoms with Crippen molar-refractivity contribution in [3.05, 3.63) is 0 Å². The molecule has 0 bridgehead atoms. The summed E-state index contributed by atoms with van der Waals surface area (Å²) in [5.74, 6) is -0.795. The predicted molar refractivity (Wildman–Crippen MR) is 94.7 cm³/mol. The first kappa shape index (κ1) is 23.1. The summed E-state index contributed by atoms with van der Waals surface area (Å²) in [7, 11) is -3.47. The normalized spacial score (nSPS) is 15.9. The SMILES string of the molecule is CC(CCC(=O)OC(C)C)CNP(N)(=O)C(C)(C)C(=O)OC(C)C. The highest BCUT2D eigenvalue weighted by Gasteiger charge is 2.45. The van der Waals surface area contributed by atoms with Crippen molar-refractivity contribution >= 4 is 19.4 Å². The summed E-state index contributed by atoms with van der Waals surface area (Å²) in [5.41, 5.74) is 5.89. The first-order valence-electron chi connectivity index (χ1n) is 8.34. The average molecular weight is 364 g/mol. The summed E-state index contributed by atoms with van der Waals surface area (Å²) in [5, 5.41) is 1.47. The number of nitrogens with one attached hydrogen (secondary N) is 1. The zero-order valence-electron chi connectivity index (χ0n) is 15.9. The standard InChI is InChI=1S/C16H33N2O5P/c1-11(2)22-14(19)9-8-13(5)10-18-24(17,21)16(6,7)15(20)23-12(3)4/h11-13H,8-10H2,1-7H3,(H3,17,18,21). The quantitative estimate of drug-likeness (QED) is 0.453. The maximum absolute atomic E-state index is 12.7. The van der Waals surface area contributed by atoms with Crippen LogP contribution in [-0.2, 0) is 23.6 Å². The fraction of sp³-hybridized carbons (Fsp3) is 0.875. The lowest BCUT2D eigenvalue weighted by Crippen LogP contribution is -2.43. The lowest BCUT2D eigenvalue weighted by atomic mass is 10.1. The number of nitrogens with two attached hydrogens (primary N) is 1. The largest absolute Gasteiger partial charge is 0.463 e. The minimum Gasteiger partial charge on any atom is -0.463 e. The monoisotopic (exact) mass is 364 g/mol. The smallest absolute Gasteiger partial charge is 0.321 e. The molecule has 0 aliphatic carbocycles. The average Bonchev–Trinajstić information content (AvgIpc) is 2.41. The summed E-state index contributed by atoms with van der Waals surface area (Å²) in [6, 6.07) is 0. The fourth-order valence-corrected chi connectivity index (χ4v) is 3.07. The summed E-state index contributed by atoms with van der Waals surface area (Å²) < 4.78 is 22.9. The Kier molecular flexibility index (Phi) is 9.18. The summed E-state index contributed by atoms with van der Waals surface area (Å²) in [6.45, 7) is 12.3. The Morgan fingerprint density at radius 1 is 1.08 bits per heavy atom. The summed E-state index contributed by atoms with van der Waals surface area (Å²) in [6.07, 6.45) is 0.426. The van der Waals surface area contributed by atoms with Gasteiger partial charge in [0.05, 0.1) is 12.2 Å². The number of hydrogen-bond acceptors (Lipinski definition) is 5. The van der Waals surface area contributed by atoms with Gasteiger partial charge in [0.15, 0.2) is 0 Å². The highest BCUT2D eigenvalue weighted by molar-refractivity contribution is 7.62. The Morgan fingerprint density at radius 3 is 2.04 bits per heavy atom. The molecule has 0 aromatic carbocycles. The van der Waals surface area contributed by atoms with Crippen molar-refractivity contribution in [1.82, 2.24) is 5.09 Å². The highest BCUT2D eigenvalue weighted by Crippen LogP contribution is 2.48. The number of rotatable bonds is 10. The van der Waals surface area contributed by atoms with Crippen LogP contribution in [0.5, 0.6) is 0 Å². The number of ether oxygens (including phenoxy) is 2. The molecule has 0 spiro atoms. The molecule has 0 fully saturated rings. The van der Waals surface area contributed by atoms with Crippen molar-refractivity contribution in [2.45, 2.75) is 78.7 Å². The zero-order valence-corrected chi connectivity index (χ0v) is 16.8. The van der Waals surface area contributed by atoms with Gasteiger partial charge in [-0.1, -0.05) is 6.92 Å². The van der Waals surface area contributed by atoms with Crippen molar-refractivity contribution in [3.63, 3.8) is 0 Å². The Balaban J connectivity index is 4.52. The van der Waals surface area contributed by atoms with Gasteiger partial charge in [0, 0.05) is 13.0 Å². The van der Waals surface area contributed by atoms with Crippen LogP contribution in [0.2, 0.25) is 0 Å². The van der Waals surface area contributed by atoms with Gasteiger partial charge < -0.3 is 9.47 Å². The molecule has 0 saturated heterocycles. The molecule has 0 aromatic heterocycles. The Labute approximate surface area is 145 Å². The third-order valence-corrected chi connectivity index (χ3v) is 6.05. The van der Waals surface area contributed by atoms with E-state index in [0.717, 1.165) is 0 Å². The molecular weight excluding hydrogens is 331 g/mol. The van der Waals surface area contributed by atoms with Crippen molar-refractivity contribution in [1.29, 1.82) is 0 Å². The van der Waals surface area contributed by atoms with Crippen molar-refractivity contribution in [3.8, 4) is 0 Å². The fourth-order valence-electron chi connectivity index (χ4n) is 1.77. The van der Waals surface area contributed by atoms with Crippen LogP contribution in [0, 0.1) is 5.92 Å². The third kappa shape index (κ3) is 7.77. The van der Waals surface area contributed by atoms with E-state index in [1.807, 2.05) is 6.92 Å². The van der Waals surface area contributed by atoms with E-state index >= 15 is 0 Å². The summed E-state index contributed by atoms with van der Waals surface area (Å²) in [4.78, 5) is 23.6. The second-order valence-corrected chi connectivity index (χ2v) is 9.97. The molecule has 2 atom stereocenters. The third-order valence-electron chi connectivity index (χ3n) is 3.56. The Bertz CT molecular complexity index is 477. The van der Waals surface area contributed by atoms with E-state index in [1.165, 1.54) is 13.8 Å². The van der Waals surface area contributed by atoms with Crippen LogP contribution in [0.4, 0.5) is 0 Å². The van der Waals surface area contributed by atoms with Gasteiger partial charge in [0.2, 0.25) is 7.44 Å². The molecular formula is C16H33N2O5P.